The molecule has 6 nitrogen and oxygen atoms in total. The minimum atomic E-state index is -3.21. The third-order valence-electron chi connectivity index (χ3n) is 4.64. The summed E-state index contributed by atoms with van der Waals surface area (Å²) >= 11 is 12.9. The van der Waals surface area contributed by atoms with Gasteiger partial charge in [0.05, 0.1) is 22.6 Å². The molecule has 0 spiro atoms. The van der Waals surface area contributed by atoms with Crippen LogP contribution in [0, 0.1) is 5.82 Å². The molecule has 2 fully saturated rings. The number of hydrogen-bond acceptors (Lipinski definition) is 5. The van der Waals surface area contributed by atoms with Crippen LogP contribution in [0.2, 0.25) is 10.0 Å². The van der Waals surface area contributed by atoms with E-state index in [4.69, 9.17) is 27.9 Å². The Labute approximate surface area is 186 Å². The quantitative estimate of drug-likeness (QED) is 0.650. The molecular formula is C19H15Cl2FN2O4S2. The van der Waals surface area contributed by atoms with Crippen molar-refractivity contribution in [2.24, 2.45) is 4.99 Å². The molecule has 11 heteroatoms. The summed E-state index contributed by atoms with van der Waals surface area (Å²) in [6, 6.07) is 10.2. The number of amidine groups is 1. The number of nitrogens with zero attached hydrogens (tertiary/aromatic N) is 2. The number of halogens is 3. The van der Waals surface area contributed by atoms with Crippen LogP contribution in [0.4, 0.5) is 10.1 Å². The second kappa shape index (κ2) is 8.37. The Kier molecular flexibility index (Phi) is 5.98. The van der Waals surface area contributed by atoms with Gasteiger partial charge in [-0.05, 0) is 42.5 Å². The average Bonchev–Trinajstić information content (AvgIpc) is 3.14. The van der Waals surface area contributed by atoms with Crippen LogP contribution in [0.1, 0.15) is 0 Å². The number of sulfone groups is 1. The highest BCUT2D eigenvalue weighted by molar-refractivity contribution is 8.16. The molecule has 0 bridgehead atoms. The van der Waals surface area contributed by atoms with E-state index in [0.29, 0.717) is 21.6 Å². The first-order valence-corrected chi connectivity index (χ1v) is 12.3. The van der Waals surface area contributed by atoms with Gasteiger partial charge in [-0.2, -0.15) is 4.99 Å². The van der Waals surface area contributed by atoms with Crippen molar-refractivity contribution in [3.8, 4) is 5.75 Å². The van der Waals surface area contributed by atoms with Crippen LogP contribution in [-0.4, -0.2) is 48.9 Å². The fraction of sp³-hybridized carbons (Fsp3) is 0.263. The van der Waals surface area contributed by atoms with Gasteiger partial charge in [-0.15, -0.1) is 0 Å². The molecule has 0 N–H and O–H groups in total. The molecule has 0 radical (unpaired) electrons. The zero-order valence-electron chi connectivity index (χ0n) is 15.3. The number of hydrogen-bond donors (Lipinski definition) is 0. The Morgan fingerprint density at radius 2 is 1.93 bits per heavy atom. The van der Waals surface area contributed by atoms with Gasteiger partial charge in [-0.1, -0.05) is 35.0 Å². The average molecular weight is 489 g/mol. The Bertz CT molecular complexity index is 1130. The molecule has 2 aromatic rings. The van der Waals surface area contributed by atoms with Gasteiger partial charge < -0.3 is 9.64 Å². The largest absolute Gasteiger partial charge is 0.484 e. The van der Waals surface area contributed by atoms with Crippen molar-refractivity contribution in [2.75, 3.05) is 23.0 Å². The standard InChI is InChI=1S/C19H15Cl2FN2O4S2/c20-11-1-4-13(5-2-11)28-8-18(25)23-19-24(12-3-6-15(22)14(21)7-12)16-9-30(26,27)10-17(16)29-19/h1-7,16-17H,8-10H2/t16-,17-/m0/s1. The first kappa shape index (κ1) is 21.4. The molecule has 2 heterocycles. The van der Waals surface area contributed by atoms with E-state index in [-0.39, 0.29) is 28.4 Å². The maximum atomic E-state index is 13.6. The van der Waals surface area contributed by atoms with Crippen molar-refractivity contribution < 1.29 is 22.3 Å². The van der Waals surface area contributed by atoms with Gasteiger partial charge in [0.2, 0.25) is 0 Å². The summed E-state index contributed by atoms with van der Waals surface area (Å²) in [6.07, 6.45) is 0. The number of rotatable bonds is 4. The number of amides is 1. The number of carbonyl (C=O) groups is 1. The smallest absolute Gasteiger partial charge is 0.285 e. The number of fused-ring (bicyclic) bond motifs is 1. The lowest BCUT2D eigenvalue weighted by Crippen LogP contribution is -2.37. The monoisotopic (exact) mass is 488 g/mol. The van der Waals surface area contributed by atoms with Crippen LogP contribution in [0.25, 0.3) is 0 Å². The third kappa shape index (κ3) is 4.59. The Balaban J connectivity index is 1.57. The minimum absolute atomic E-state index is 0.0117. The number of aliphatic imine (C=N–C) groups is 1. The van der Waals surface area contributed by atoms with E-state index in [0.717, 1.165) is 0 Å². The Morgan fingerprint density at radius 3 is 2.63 bits per heavy atom. The topological polar surface area (TPSA) is 76.0 Å². The van der Waals surface area contributed by atoms with Gasteiger partial charge in [-0.3, -0.25) is 4.79 Å². The van der Waals surface area contributed by atoms with Crippen molar-refractivity contribution in [2.45, 2.75) is 11.3 Å². The van der Waals surface area contributed by atoms with E-state index < -0.39 is 27.6 Å². The highest BCUT2D eigenvalue weighted by atomic mass is 35.5. The summed E-state index contributed by atoms with van der Waals surface area (Å²) in [4.78, 5) is 18.2. The molecule has 1 amide bonds. The number of anilines is 1. The molecule has 158 valence electrons. The maximum Gasteiger partial charge on any atom is 0.285 e. The molecule has 2 saturated heterocycles. The molecule has 2 atom stereocenters. The molecule has 2 aliphatic rings. The molecule has 0 unspecified atom stereocenters. The summed E-state index contributed by atoms with van der Waals surface area (Å²) in [5.41, 5.74) is 0.476. The van der Waals surface area contributed by atoms with Gasteiger partial charge in [0, 0.05) is 16.0 Å². The number of benzene rings is 2. The van der Waals surface area contributed by atoms with Crippen LogP contribution in [0.15, 0.2) is 47.5 Å². The summed E-state index contributed by atoms with van der Waals surface area (Å²) in [5.74, 6) is -0.740. The lowest BCUT2D eigenvalue weighted by Gasteiger charge is -2.24. The summed E-state index contributed by atoms with van der Waals surface area (Å²) in [6.45, 7) is -0.294. The first-order valence-electron chi connectivity index (χ1n) is 8.83. The SMILES string of the molecule is O=C(COc1ccc(Cl)cc1)N=C1S[C@H]2CS(=O)(=O)C[C@@H]2N1c1ccc(F)c(Cl)c1. The van der Waals surface area contributed by atoms with Gasteiger partial charge >= 0.3 is 0 Å². The van der Waals surface area contributed by atoms with Crippen molar-refractivity contribution in [1.82, 2.24) is 0 Å². The lowest BCUT2D eigenvalue weighted by molar-refractivity contribution is -0.119. The first-order chi connectivity index (χ1) is 14.2. The van der Waals surface area contributed by atoms with E-state index in [2.05, 4.69) is 4.99 Å². The van der Waals surface area contributed by atoms with E-state index in [1.807, 2.05) is 0 Å². The Morgan fingerprint density at radius 1 is 1.20 bits per heavy atom. The second-order valence-corrected chi connectivity index (χ2v) is 11.0. The molecule has 2 aliphatic heterocycles. The van der Waals surface area contributed by atoms with Crippen LogP contribution in [0.3, 0.4) is 0 Å². The third-order valence-corrected chi connectivity index (χ3v) is 8.40. The van der Waals surface area contributed by atoms with E-state index in [1.54, 1.807) is 29.2 Å². The molecule has 2 aromatic carbocycles. The van der Waals surface area contributed by atoms with E-state index in [9.17, 15) is 17.6 Å². The van der Waals surface area contributed by atoms with Crippen molar-refractivity contribution in [3.05, 3.63) is 58.3 Å². The zero-order chi connectivity index (χ0) is 21.5. The molecule has 0 aliphatic carbocycles. The minimum Gasteiger partial charge on any atom is -0.484 e. The highest BCUT2D eigenvalue weighted by Gasteiger charge is 2.49. The van der Waals surface area contributed by atoms with Crippen LogP contribution >= 0.6 is 35.0 Å². The fourth-order valence-electron chi connectivity index (χ4n) is 3.32. The van der Waals surface area contributed by atoms with Crippen LogP contribution in [0.5, 0.6) is 5.75 Å². The number of ether oxygens (including phenoxy) is 1. The van der Waals surface area contributed by atoms with Gasteiger partial charge in [0.15, 0.2) is 21.6 Å². The van der Waals surface area contributed by atoms with E-state index in [1.165, 1.54) is 30.0 Å². The predicted molar refractivity (Wildman–Crippen MR) is 117 cm³/mol. The van der Waals surface area contributed by atoms with Crippen molar-refractivity contribution >= 4 is 61.6 Å². The molecule has 4 rings (SSSR count). The second-order valence-electron chi connectivity index (χ2n) is 6.80. The fourth-order valence-corrected chi connectivity index (χ4v) is 7.55. The van der Waals surface area contributed by atoms with Gasteiger partial charge in [-0.25, -0.2) is 12.8 Å². The summed E-state index contributed by atoms with van der Waals surface area (Å²) in [7, 11) is -3.21. The lowest BCUT2D eigenvalue weighted by atomic mass is 10.2. The zero-order valence-corrected chi connectivity index (χ0v) is 18.4. The normalized spacial score (nSPS) is 23.6. The van der Waals surface area contributed by atoms with Gasteiger partial charge in [0.25, 0.3) is 5.91 Å². The maximum absolute atomic E-state index is 13.6. The van der Waals surface area contributed by atoms with Gasteiger partial charge in [0.1, 0.15) is 11.6 Å². The number of thioether (sulfide) groups is 1. The summed E-state index contributed by atoms with van der Waals surface area (Å²) in [5, 5.41) is 0.514. The van der Waals surface area contributed by atoms with E-state index >= 15 is 0 Å². The Hall–Kier alpha value is -1.81. The highest BCUT2D eigenvalue weighted by Crippen LogP contribution is 2.41. The van der Waals surface area contributed by atoms with Crippen LogP contribution < -0.4 is 9.64 Å². The van der Waals surface area contributed by atoms with Crippen molar-refractivity contribution in [1.29, 1.82) is 0 Å². The predicted octanol–water partition coefficient (Wildman–Crippen LogP) is 3.81. The molecule has 30 heavy (non-hydrogen) atoms. The molecular weight excluding hydrogens is 474 g/mol. The summed E-state index contributed by atoms with van der Waals surface area (Å²) < 4.78 is 43.2. The molecule has 0 saturated carbocycles. The number of carbonyl (C=O) groups excluding carboxylic acids is 1. The van der Waals surface area contributed by atoms with Crippen LogP contribution in [-0.2, 0) is 14.6 Å². The van der Waals surface area contributed by atoms with Crippen molar-refractivity contribution in [3.63, 3.8) is 0 Å². The molecule has 0 aromatic heterocycles.